The minimum absolute atomic E-state index is 0.486. The number of pyridine rings is 1. The Morgan fingerprint density at radius 1 is 1.04 bits per heavy atom. The summed E-state index contributed by atoms with van der Waals surface area (Å²) < 4.78 is 7.96. The second-order valence-corrected chi connectivity index (χ2v) is 7.05. The van der Waals surface area contributed by atoms with Gasteiger partial charge in [0.25, 0.3) is 0 Å². The van der Waals surface area contributed by atoms with Crippen molar-refractivity contribution in [3.8, 4) is 5.75 Å². The fraction of sp³-hybridized carbons (Fsp3) is 0.364. The molecule has 2 aromatic heterocycles. The Morgan fingerprint density at radius 3 is 2.37 bits per heavy atom. The van der Waals surface area contributed by atoms with Gasteiger partial charge in [0.05, 0.1) is 11.4 Å². The van der Waals surface area contributed by atoms with Crippen LogP contribution in [0.4, 0.5) is 0 Å². The maximum Gasteiger partial charge on any atom is 0.130 e. The number of nitrogens with zero attached hydrogens (tertiary/aromatic N) is 3. The van der Waals surface area contributed by atoms with Gasteiger partial charge in [-0.25, -0.2) is 0 Å². The lowest BCUT2D eigenvalue weighted by Crippen LogP contribution is -2.14. The molecular formula is C22H28N4O. The molecule has 0 aliphatic rings. The van der Waals surface area contributed by atoms with Gasteiger partial charge in [-0.05, 0) is 56.5 Å². The average Bonchev–Trinajstić information content (AvgIpc) is 2.88. The molecule has 0 bridgehead atoms. The van der Waals surface area contributed by atoms with Crippen molar-refractivity contribution in [2.45, 2.75) is 47.4 Å². The standard InChI is InChI=1S/C22H28N4O/c1-15-10-19(12-23-13-21-17(3)25-26(5)18(21)4)11-16(2)22(15)27-14-20-8-6-7-9-24-20/h6-11,23H,12-14H2,1-5H3. The SMILES string of the molecule is Cc1cc(CNCc2c(C)nn(C)c2C)cc(C)c1OCc1ccccn1. The van der Waals surface area contributed by atoms with Crippen LogP contribution in [0.5, 0.6) is 5.75 Å². The quantitative estimate of drug-likeness (QED) is 0.690. The van der Waals surface area contributed by atoms with Crippen molar-refractivity contribution in [1.82, 2.24) is 20.1 Å². The zero-order valence-corrected chi connectivity index (χ0v) is 16.8. The molecule has 5 heteroatoms. The highest BCUT2D eigenvalue weighted by Crippen LogP contribution is 2.25. The molecule has 0 saturated heterocycles. The number of benzene rings is 1. The van der Waals surface area contributed by atoms with Gasteiger partial charge in [-0.1, -0.05) is 18.2 Å². The van der Waals surface area contributed by atoms with E-state index in [9.17, 15) is 0 Å². The van der Waals surface area contributed by atoms with Crippen molar-refractivity contribution in [2.24, 2.45) is 7.05 Å². The Kier molecular flexibility index (Phi) is 5.91. The summed E-state index contributed by atoms with van der Waals surface area (Å²) >= 11 is 0. The summed E-state index contributed by atoms with van der Waals surface area (Å²) in [6, 6.07) is 10.3. The molecule has 0 atom stereocenters. The van der Waals surface area contributed by atoms with Crippen molar-refractivity contribution in [2.75, 3.05) is 0 Å². The summed E-state index contributed by atoms with van der Waals surface area (Å²) in [4.78, 5) is 4.31. The van der Waals surface area contributed by atoms with Crippen molar-refractivity contribution in [1.29, 1.82) is 0 Å². The third-order valence-electron chi connectivity index (χ3n) is 4.90. The largest absolute Gasteiger partial charge is 0.487 e. The number of hydrogen-bond donors (Lipinski definition) is 1. The van der Waals surface area contributed by atoms with Crippen LogP contribution >= 0.6 is 0 Å². The molecule has 1 N–H and O–H groups in total. The van der Waals surface area contributed by atoms with E-state index in [1.54, 1.807) is 6.20 Å². The number of rotatable bonds is 7. The van der Waals surface area contributed by atoms with E-state index >= 15 is 0 Å². The summed E-state index contributed by atoms with van der Waals surface area (Å²) in [5.74, 6) is 0.948. The number of ether oxygens (including phenoxy) is 1. The fourth-order valence-electron chi connectivity index (χ4n) is 3.40. The summed E-state index contributed by atoms with van der Waals surface area (Å²) in [5, 5.41) is 8.02. The van der Waals surface area contributed by atoms with Crippen molar-refractivity contribution in [3.05, 3.63) is 75.9 Å². The van der Waals surface area contributed by atoms with E-state index in [2.05, 4.69) is 55.2 Å². The molecule has 2 heterocycles. The van der Waals surface area contributed by atoms with Crippen LogP contribution in [0.25, 0.3) is 0 Å². The smallest absolute Gasteiger partial charge is 0.130 e. The molecule has 3 rings (SSSR count). The maximum absolute atomic E-state index is 6.02. The van der Waals surface area contributed by atoms with Gasteiger partial charge in [-0.2, -0.15) is 5.10 Å². The lowest BCUT2D eigenvalue weighted by Gasteiger charge is -2.14. The van der Waals surface area contributed by atoms with Gasteiger partial charge < -0.3 is 10.1 Å². The third-order valence-corrected chi connectivity index (χ3v) is 4.90. The number of nitrogens with one attached hydrogen (secondary N) is 1. The summed E-state index contributed by atoms with van der Waals surface area (Å²) in [7, 11) is 1.99. The van der Waals surface area contributed by atoms with Gasteiger partial charge in [0.2, 0.25) is 0 Å². The van der Waals surface area contributed by atoms with E-state index in [1.807, 2.05) is 29.9 Å². The van der Waals surface area contributed by atoms with Crippen LogP contribution in [-0.4, -0.2) is 14.8 Å². The predicted molar refractivity (Wildman–Crippen MR) is 108 cm³/mol. The molecule has 0 fully saturated rings. The Bertz CT molecular complexity index is 893. The average molecular weight is 364 g/mol. The molecule has 0 aliphatic heterocycles. The van der Waals surface area contributed by atoms with Crippen LogP contribution in [0.3, 0.4) is 0 Å². The van der Waals surface area contributed by atoms with Gasteiger partial charge in [-0.15, -0.1) is 0 Å². The van der Waals surface area contributed by atoms with Gasteiger partial charge in [0.15, 0.2) is 0 Å². The van der Waals surface area contributed by atoms with Crippen LogP contribution < -0.4 is 10.1 Å². The van der Waals surface area contributed by atoms with E-state index in [0.29, 0.717) is 6.61 Å². The Hall–Kier alpha value is -2.66. The molecule has 3 aromatic rings. The van der Waals surface area contributed by atoms with Crippen molar-refractivity contribution < 1.29 is 4.74 Å². The van der Waals surface area contributed by atoms with Crippen molar-refractivity contribution >= 4 is 0 Å². The van der Waals surface area contributed by atoms with Crippen molar-refractivity contribution in [3.63, 3.8) is 0 Å². The lowest BCUT2D eigenvalue weighted by molar-refractivity contribution is 0.297. The normalized spacial score (nSPS) is 11.0. The lowest BCUT2D eigenvalue weighted by atomic mass is 10.1. The van der Waals surface area contributed by atoms with E-state index in [0.717, 1.165) is 41.4 Å². The van der Waals surface area contributed by atoms with Crippen LogP contribution in [0.15, 0.2) is 36.5 Å². The van der Waals surface area contributed by atoms with Crippen LogP contribution in [0.2, 0.25) is 0 Å². The maximum atomic E-state index is 6.02. The highest BCUT2D eigenvalue weighted by atomic mass is 16.5. The summed E-state index contributed by atoms with van der Waals surface area (Å²) in [5.41, 5.74) is 8.08. The van der Waals surface area contributed by atoms with Gasteiger partial charge >= 0.3 is 0 Å². The van der Waals surface area contributed by atoms with Gasteiger partial charge in [0.1, 0.15) is 12.4 Å². The minimum Gasteiger partial charge on any atom is -0.487 e. The first kappa shape index (κ1) is 19.1. The number of aromatic nitrogens is 3. The Labute approximate surface area is 161 Å². The van der Waals surface area contributed by atoms with E-state index in [-0.39, 0.29) is 0 Å². The van der Waals surface area contributed by atoms with E-state index < -0.39 is 0 Å². The molecular weight excluding hydrogens is 336 g/mol. The van der Waals surface area contributed by atoms with Crippen LogP contribution in [-0.2, 0) is 26.7 Å². The first-order valence-corrected chi connectivity index (χ1v) is 9.28. The van der Waals surface area contributed by atoms with Crippen LogP contribution in [0, 0.1) is 27.7 Å². The molecule has 5 nitrogen and oxygen atoms in total. The zero-order valence-electron chi connectivity index (χ0n) is 16.8. The van der Waals surface area contributed by atoms with Gasteiger partial charge in [-0.3, -0.25) is 9.67 Å². The van der Waals surface area contributed by atoms with Gasteiger partial charge in [0, 0.05) is 37.6 Å². The zero-order chi connectivity index (χ0) is 19.4. The highest BCUT2D eigenvalue weighted by molar-refractivity contribution is 5.43. The Morgan fingerprint density at radius 2 is 1.78 bits per heavy atom. The molecule has 0 radical (unpaired) electrons. The molecule has 0 spiro atoms. The topological polar surface area (TPSA) is 52.0 Å². The first-order valence-electron chi connectivity index (χ1n) is 9.28. The number of hydrogen-bond acceptors (Lipinski definition) is 4. The number of aryl methyl sites for hydroxylation is 4. The highest BCUT2D eigenvalue weighted by Gasteiger charge is 2.10. The van der Waals surface area contributed by atoms with E-state index in [1.165, 1.54) is 16.8 Å². The molecule has 0 unspecified atom stereocenters. The Balaban J connectivity index is 1.62. The fourth-order valence-corrected chi connectivity index (χ4v) is 3.40. The second kappa shape index (κ2) is 8.35. The summed E-state index contributed by atoms with van der Waals surface area (Å²) in [6.07, 6.45) is 1.79. The summed E-state index contributed by atoms with van der Waals surface area (Å²) in [6.45, 7) is 10.5. The second-order valence-electron chi connectivity index (χ2n) is 7.05. The molecule has 142 valence electrons. The molecule has 0 saturated carbocycles. The predicted octanol–water partition coefficient (Wildman–Crippen LogP) is 3.92. The molecule has 27 heavy (non-hydrogen) atoms. The minimum atomic E-state index is 0.486. The molecule has 1 aromatic carbocycles. The molecule has 0 amide bonds. The molecule has 0 aliphatic carbocycles. The monoisotopic (exact) mass is 364 g/mol. The van der Waals surface area contributed by atoms with Crippen LogP contribution in [0.1, 0.15) is 39.3 Å². The van der Waals surface area contributed by atoms with E-state index in [4.69, 9.17) is 4.74 Å². The first-order chi connectivity index (χ1) is 13.0. The third kappa shape index (κ3) is 4.55.